The highest BCUT2D eigenvalue weighted by Crippen LogP contribution is 2.37. The maximum Gasteiger partial charge on any atom is 0.308 e. The van der Waals surface area contributed by atoms with Gasteiger partial charge in [0.2, 0.25) is 0 Å². The van der Waals surface area contributed by atoms with Crippen molar-refractivity contribution in [3.63, 3.8) is 0 Å². The Kier molecular flexibility index (Phi) is 2.88. The van der Waals surface area contributed by atoms with Gasteiger partial charge < -0.3 is 5.11 Å². The summed E-state index contributed by atoms with van der Waals surface area (Å²) in [5.74, 6) is -0.873. The van der Waals surface area contributed by atoms with Crippen molar-refractivity contribution < 1.29 is 9.90 Å². The Balaban J connectivity index is 1.78. The Bertz CT molecular complexity index is 403. The fourth-order valence-corrected chi connectivity index (χ4v) is 3.46. The summed E-state index contributed by atoms with van der Waals surface area (Å²) in [6, 6.07) is 0.625. The minimum atomic E-state index is -0.676. The van der Waals surface area contributed by atoms with E-state index in [1.165, 1.54) is 19.3 Å². The van der Waals surface area contributed by atoms with Gasteiger partial charge in [-0.1, -0.05) is 6.42 Å². The summed E-state index contributed by atoms with van der Waals surface area (Å²) in [7, 11) is 0. The number of aliphatic carboxylic acids is 1. The van der Waals surface area contributed by atoms with Gasteiger partial charge in [0.1, 0.15) is 0 Å². The molecule has 0 radical (unpaired) electrons. The summed E-state index contributed by atoms with van der Waals surface area (Å²) >= 11 is 1.55. The van der Waals surface area contributed by atoms with Crippen molar-refractivity contribution in [3.05, 3.63) is 16.6 Å². The number of aromatic nitrogens is 1. The molecule has 3 rings (SSSR count). The zero-order valence-electron chi connectivity index (χ0n) is 9.58. The van der Waals surface area contributed by atoms with Crippen LogP contribution in [0.15, 0.2) is 10.9 Å². The second kappa shape index (κ2) is 4.38. The van der Waals surface area contributed by atoms with Gasteiger partial charge in [-0.15, -0.1) is 11.3 Å². The van der Waals surface area contributed by atoms with Gasteiger partial charge in [0.25, 0.3) is 0 Å². The van der Waals surface area contributed by atoms with Crippen LogP contribution in [0.5, 0.6) is 0 Å². The zero-order chi connectivity index (χ0) is 11.8. The highest BCUT2D eigenvalue weighted by molar-refractivity contribution is 7.07. The molecule has 1 aromatic heterocycles. The molecule has 0 unspecified atom stereocenters. The van der Waals surface area contributed by atoms with Crippen LogP contribution in [0.25, 0.3) is 0 Å². The van der Waals surface area contributed by atoms with E-state index in [1.807, 2.05) is 5.38 Å². The number of nitrogens with zero attached hydrogens (tertiary/aromatic N) is 2. The third-order valence-corrected chi connectivity index (χ3v) is 4.69. The third kappa shape index (κ3) is 1.98. The van der Waals surface area contributed by atoms with Crippen LogP contribution >= 0.6 is 11.3 Å². The molecule has 0 amide bonds. The maximum atomic E-state index is 11.3. The molecule has 0 aromatic carbocycles. The monoisotopic (exact) mass is 252 g/mol. The second-order valence-electron chi connectivity index (χ2n) is 5.00. The van der Waals surface area contributed by atoms with Gasteiger partial charge in [-0.3, -0.25) is 9.69 Å². The molecular formula is C12H16N2O2S. The highest BCUT2D eigenvalue weighted by Gasteiger charge is 2.42. The molecule has 0 spiro atoms. The molecule has 2 heterocycles. The molecule has 1 saturated heterocycles. The Morgan fingerprint density at radius 2 is 2.29 bits per heavy atom. The molecule has 2 aliphatic rings. The van der Waals surface area contributed by atoms with Crippen LogP contribution in [0.2, 0.25) is 0 Å². The molecule has 1 N–H and O–H groups in total. The van der Waals surface area contributed by atoms with Crippen LogP contribution < -0.4 is 0 Å². The second-order valence-corrected chi connectivity index (χ2v) is 5.72. The number of likely N-dealkylation sites (tertiary alicyclic amines) is 1. The van der Waals surface area contributed by atoms with Gasteiger partial charge in [0.15, 0.2) is 0 Å². The number of carbonyl (C=O) groups is 1. The van der Waals surface area contributed by atoms with E-state index in [0.717, 1.165) is 12.2 Å². The van der Waals surface area contributed by atoms with Gasteiger partial charge in [-0.2, -0.15) is 0 Å². The van der Waals surface area contributed by atoms with Gasteiger partial charge in [0.05, 0.1) is 17.1 Å². The van der Waals surface area contributed by atoms with Crippen LogP contribution in [0.3, 0.4) is 0 Å². The lowest BCUT2D eigenvalue weighted by atomic mass is 9.92. The van der Waals surface area contributed by atoms with Crippen molar-refractivity contribution >= 4 is 17.3 Å². The van der Waals surface area contributed by atoms with Crippen molar-refractivity contribution in [1.82, 2.24) is 9.88 Å². The van der Waals surface area contributed by atoms with Gasteiger partial charge in [0, 0.05) is 30.4 Å². The summed E-state index contributed by atoms with van der Waals surface area (Å²) < 4.78 is 0. The average molecular weight is 252 g/mol. The molecule has 2 fully saturated rings. The summed E-state index contributed by atoms with van der Waals surface area (Å²) in [5, 5.41) is 11.3. The Morgan fingerprint density at radius 3 is 2.82 bits per heavy atom. The topological polar surface area (TPSA) is 53.4 Å². The lowest BCUT2D eigenvalue weighted by Crippen LogP contribution is -2.39. The van der Waals surface area contributed by atoms with E-state index in [-0.39, 0.29) is 11.8 Å². The lowest BCUT2D eigenvalue weighted by molar-refractivity contribution is -0.141. The maximum absolute atomic E-state index is 11.3. The first kappa shape index (κ1) is 11.2. The van der Waals surface area contributed by atoms with Crippen molar-refractivity contribution in [1.29, 1.82) is 0 Å². The molecule has 4 nitrogen and oxygen atoms in total. The van der Waals surface area contributed by atoms with Crippen LogP contribution in [0.4, 0.5) is 0 Å². The highest BCUT2D eigenvalue weighted by atomic mass is 32.1. The van der Waals surface area contributed by atoms with E-state index in [4.69, 9.17) is 0 Å². The number of carboxylic acids is 1. The van der Waals surface area contributed by atoms with Crippen molar-refractivity contribution in [2.45, 2.75) is 31.2 Å². The van der Waals surface area contributed by atoms with Crippen molar-refractivity contribution in [2.24, 2.45) is 5.92 Å². The third-order valence-electron chi connectivity index (χ3n) is 4.09. The predicted molar refractivity (Wildman–Crippen MR) is 65.2 cm³/mol. The molecule has 17 heavy (non-hydrogen) atoms. The quantitative estimate of drug-likeness (QED) is 0.891. The van der Waals surface area contributed by atoms with Crippen LogP contribution in [0.1, 0.15) is 30.9 Å². The van der Waals surface area contributed by atoms with Crippen LogP contribution in [0, 0.1) is 5.92 Å². The summed E-state index contributed by atoms with van der Waals surface area (Å²) in [4.78, 5) is 18.0. The molecule has 92 valence electrons. The smallest absolute Gasteiger partial charge is 0.308 e. The van der Waals surface area contributed by atoms with E-state index in [0.29, 0.717) is 12.6 Å². The number of rotatable bonds is 3. The van der Waals surface area contributed by atoms with E-state index in [9.17, 15) is 9.90 Å². The van der Waals surface area contributed by atoms with E-state index < -0.39 is 5.97 Å². The minimum absolute atomic E-state index is 0.0827. The first-order chi connectivity index (χ1) is 8.25. The number of hydrogen-bond acceptors (Lipinski definition) is 4. The Hall–Kier alpha value is -0.940. The average Bonchev–Trinajstić information content (AvgIpc) is 2.79. The SMILES string of the molecule is O=C(O)[C@@H]1CN(C2CCC2)C[C@H]1c1cscn1. The molecule has 1 saturated carbocycles. The largest absolute Gasteiger partial charge is 0.481 e. The van der Waals surface area contributed by atoms with E-state index >= 15 is 0 Å². The van der Waals surface area contributed by atoms with Crippen LogP contribution in [-0.2, 0) is 4.79 Å². The minimum Gasteiger partial charge on any atom is -0.481 e. The number of carboxylic acid groups (broad SMARTS) is 1. The lowest BCUT2D eigenvalue weighted by Gasteiger charge is -2.34. The first-order valence-corrected chi connectivity index (χ1v) is 7.05. The molecule has 0 bridgehead atoms. The summed E-state index contributed by atoms with van der Waals surface area (Å²) in [5.41, 5.74) is 2.75. The molecular weight excluding hydrogens is 236 g/mol. The summed E-state index contributed by atoms with van der Waals surface area (Å²) in [6.45, 7) is 1.56. The number of thiazole rings is 1. The molecule has 1 aliphatic heterocycles. The van der Waals surface area contributed by atoms with E-state index in [2.05, 4.69) is 9.88 Å². The predicted octanol–water partition coefficient (Wildman–Crippen LogP) is 1.80. The van der Waals surface area contributed by atoms with E-state index in [1.54, 1.807) is 16.8 Å². The van der Waals surface area contributed by atoms with Crippen molar-refractivity contribution in [2.75, 3.05) is 13.1 Å². The fourth-order valence-electron chi connectivity index (χ4n) is 2.84. The molecule has 1 aromatic rings. The zero-order valence-corrected chi connectivity index (χ0v) is 10.4. The normalized spacial score (nSPS) is 30.4. The van der Waals surface area contributed by atoms with Gasteiger partial charge >= 0.3 is 5.97 Å². The standard InChI is InChI=1S/C12H16N2O2S/c15-12(16)10-5-14(8-2-1-3-8)4-9(10)11-6-17-7-13-11/h6-10H,1-5H2,(H,15,16)/t9-,10-/m1/s1. The molecule has 1 aliphatic carbocycles. The Labute approximate surface area is 104 Å². The Morgan fingerprint density at radius 1 is 1.47 bits per heavy atom. The van der Waals surface area contributed by atoms with Gasteiger partial charge in [-0.05, 0) is 12.8 Å². The molecule has 2 atom stereocenters. The van der Waals surface area contributed by atoms with Crippen molar-refractivity contribution in [3.8, 4) is 0 Å². The number of hydrogen-bond donors (Lipinski definition) is 1. The first-order valence-electron chi connectivity index (χ1n) is 6.10. The van der Waals surface area contributed by atoms with Crippen LogP contribution in [-0.4, -0.2) is 40.1 Å². The summed E-state index contributed by atoms with van der Waals surface area (Å²) in [6.07, 6.45) is 3.76. The fraction of sp³-hybridized carbons (Fsp3) is 0.667. The van der Waals surface area contributed by atoms with Gasteiger partial charge in [-0.25, -0.2) is 4.98 Å². The molecule has 5 heteroatoms.